The van der Waals surface area contributed by atoms with Gasteiger partial charge < -0.3 is 11.1 Å². The highest BCUT2D eigenvalue weighted by molar-refractivity contribution is 7.91. The number of aromatic nitrogens is 2. The van der Waals surface area contributed by atoms with Gasteiger partial charge in [-0.15, -0.1) is 0 Å². The van der Waals surface area contributed by atoms with Gasteiger partial charge in [0, 0.05) is 29.5 Å². The molecule has 4 rings (SSSR count). The molecular weight excluding hydrogens is 348 g/mol. The molecule has 7 heteroatoms. The molecule has 3 aromatic carbocycles. The monoisotopic (exact) mass is 366 g/mol. The minimum absolute atomic E-state index is 0.0280. The highest BCUT2D eigenvalue weighted by Crippen LogP contribution is 2.32. The van der Waals surface area contributed by atoms with Gasteiger partial charge in [0.25, 0.3) is 0 Å². The van der Waals surface area contributed by atoms with E-state index in [2.05, 4.69) is 15.5 Å². The van der Waals surface area contributed by atoms with Crippen LogP contribution in [0.3, 0.4) is 0 Å². The number of hydrogen-bond acceptors (Lipinski definition) is 5. The van der Waals surface area contributed by atoms with E-state index in [0.29, 0.717) is 29.4 Å². The summed E-state index contributed by atoms with van der Waals surface area (Å²) in [6, 6.07) is 18.1. The Balaban J connectivity index is 1.90. The number of nitrogens with zero attached hydrogens (tertiary/aromatic N) is 1. The van der Waals surface area contributed by atoms with Crippen molar-refractivity contribution in [3.05, 3.63) is 60.7 Å². The van der Waals surface area contributed by atoms with Crippen LogP contribution in [0.5, 0.6) is 0 Å². The first-order chi connectivity index (χ1) is 12.6. The molecule has 0 atom stereocenters. The van der Waals surface area contributed by atoms with Gasteiger partial charge in [0.05, 0.1) is 10.4 Å². The van der Waals surface area contributed by atoms with Crippen LogP contribution in [0.25, 0.3) is 21.7 Å². The number of hydrogen-bond donors (Lipinski definition) is 3. The minimum atomic E-state index is -3.78. The molecule has 0 unspecified atom stereocenters. The first kappa shape index (κ1) is 16.6. The van der Waals surface area contributed by atoms with E-state index in [1.165, 1.54) is 0 Å². The molecule has 4 N–H and O–H groups in total. The van der Waals surface area contributed by atoms with Gasteiger partial charge in [0.2, 0.25) is 9.84 Å². The van der Waals surface area contributed by atoms with Gasteiger partial charge in [0.1, 0.15) is 0 Å². The second-order valence-electron chi connectivity index (χ2n) is 5.99. The zero-order chi connectivity index (χ0) is 18.1. The van der Waals surface area contributed by atoms with Crippen LogP contribution in [0.1, 0.15) is 0 Å². The number of H-pyrrole nitrogens is 1. The maximum atomic E-state index is 13.3. The summed E-state index contributed by atoms with van der Waals surface area (Å²) < 4.78 is 26.7. The van der Waals surface area contributed by atoms with Crippen LogP contribution in [-0.4, -0.2) is 31.7 Å². The standard InChI is InChI=1S/C19H18N4O2S/c20-10-11-21-14-8-9-17-16(12-14)19(23-22-17)26(24,25)18-7-3-5-13-4-1-2-6-15(13)18/h1-9,12,21H,10-11,20H2,(H,22,23). The number of rotatable bonds is 5. The summed E-state index contributed by atoms with van der Waals surface area (Å²) in [4.78, 5) is 0.254. The zero-order valence-electron chi connectivity index (χ0n) is 13.9. The topological polar surface area (TPSA) is 101 Å². The van der Waals surface area contributed by atoms with E-state index in [9.17, 15) is 8.42 Å². The fourth-order valence-electron chi connectivity index (χ4n) is 3.06. The normalized spacial score (nSPS) is 11.9. The summed E-state index contributed by atoms with van der Waals surface area (Å²) in [6.07, 6.45) is 0. The highest BCUT2D eigenvalue weighted by atomic mass is 32.2. The molecule has 0 spiro atoms. The number of sulfone groups is 1. The van der Waals surface area contributed by atoms with Crippen molar-refractivity contribution in [3.63, 3.8) is 0 Å². The van der Waals surface area contributed by atoms with Crippen LogP contribution in [0, 0.1) is 0 Å². The second kappa shape index (κ2) is 6.44. The molecule has 132 valence electrons. The van der Waals surface area contributed by atoms with Crippen molar-refractivity contribution >= 4 is 37.2 Å². The Morgan fingerprint density at radius 1 is 1.00 bits per heavy atom. The van der Waals surface area contributed by atoms with Gasteiger partial charge in [-0.3, -0.25) is 5.10 Å². The molecular formula is C19H18N4O2S. The molecule has 0 aliphatic rings. The third-order valence-electron chi connectivity index (χ3n) is 4.30. The fourth-order valence-corrected chi connectivity index (χ4v) is 4.62. The van der Waals surface area contributed by atoms with Crippen molar-refractivity contribution in [3.8, 4) is 0 Å². The van der Waals surface area contributed by atoms with Crippen LogP contribution in [0.15, 0.2) is 70.6 Å². The Morgan fingerprint density at radius 2 is 1.81 bits per heavy atom. The Bertz CT molecular complexity index is 1190. The highest BCUT2D eigenvalue weighted by Gasteiger charge is 2.25. The van der Waals surface area contributed by atoms with Crippen molar-refractivity contribution in [2.75, 3.05) is 18.4 Å². The maximum Gasteiger partial charge on any atom is 0.226 e. The summed E-state index contributed by atoms with van der Waals surface area (Å²) in [5.74, 6) is 0. The third kappa shape index (κ3) is 2.71. The second-order valence-corrected chi connectivity index (χ2v) is 7.82. The molecule has 26 heavy (non-hydrogen) atoms. The van der Waals surface area contributed by atoms with Crippen LogP contribution >= 0.6 is 0 Å². The number of aromatic amines is 1. The van der Waals surface area contributed by atoms with E-state index < -0.39 is 9.84 Å². The first-order valence-electron chi connectivity index (χ1n) is 8.26. The van der Waals surface area contributed by atoms with E-state index in [-0.39, 0.29) is 9.92 Å². The van der Waals surface area contributed by atoms with Gasteiger partial charge >= 0.3 is 0 Å². The van der Waals surface area contributed by atoms with E-state index in [1.807, 2.05) is 42.5 Å². The molecule has 0 radical (unpaired) electrons. The van der Waals surface area contributed by atoms with E-state index in [0.717, 1.165) is 11.1 Å². The lowest BCUT2D eigenvalue weighted by atomic mass is 10.1. The maximum absolute atomic E-state index is 13.3. The van der Waals surface area contributed by atoms with Gasteiger partial charge in [-0.25, -0.2) is 8.42 Å². The average molecular weight is 366 g/mol. The minimum Gasteiger partial charge on any atom is -0.384 e. The van der Waals surface area contributed by atoms with Crippen molar-refractivity contribution in [1.29, 1.82) is 0 Å². The summed E-state index contributed by atoms with van der Waals surface area (Å²) in [5, 5.41) is 12.2. The van der Waals surface area contributed by atoms with Crippen LogP contribution in [-0.2, 0) is 9.84 Å². The molecule has 6 nitrogen and oxygen atoms in total. The van der Waals surface area contributed by atoms with Crippen LogP contribution in [0.2, 0.25) is 0 Å². The van der Waals surface area contributed by atoms with E-state index in [4.69, 9.17) is 5.73 Å². The largest absolute Gasteiger partial charge is 0.384 e. The molecule has 0 bridgehead atoms. The Morgan fingerprint density at radius 3 is 2.65 bits per heavy atom. The van der Waals surface area contributed by atoms with Gasteiger partial charge in [-0.2, -0.15) is 5.10 Å². The van der Waals surface area contributed by atoms with Crippen LogP contribution in [0.4, 0.5) is 5.69 Å². The lowest BCUT2D eigenvalue weighted by Gasteiger charge is -2.08. The summed E-state index contributed by atoms with van der Waals surface area (Å²) in [5.41, 5.74) is 6.99. The molecule has 0 saturated heterocycles. The number of benzene rings is 3. The fraction of sp³-hybridized carbons (Fsp3) is 0.105. The lowest BCUT2D eigenvalue weighted by molar-refractivity contribution is 0.593. The molecule has 1 heterocycles. The zero-order valence-corrected chi connectivity index (χ0v) is 14.8. The van der Waals surface area contributed by atoms with Crippen molar-refractivity contribution < 1.29 is 8.42 Å². The predicted octanol–water partition coefficient (Wildman–Crippen LogP) is 2.92. The smallest absolute Gasteiger partial charge is 0.226 e. The van der Waals surface area contributed by atoms with Crippen molar-refractivity contribution in [2.45, 2.75) is 9.92 Å². The lowest BCUT2D eigenvalue weighted by Crippen LogP contribution is -2.12. The SMILES string of the molecule is NCCNc1ccc2[nH]nc(S(=O)(=O)c3cccc4ccccc34)c2c1. The first-order valence-corrected chi connectivity index (χ1v) is 9.74. The predicted molar refractivity (Wildman–Crippen MR) is 103 cm³/mol. The number of nitrogens with one attached hydrogen (secondary N) is 2. The Labute approximate surface area is 150 Å². The van der Waals surface area contributed by atoms with Crippen molar-refractivity contribution in [2.24, 2.45) is 5.73 Å². The van der Waals surface area contributed by atoms with Gasteiger partial charge in [0.15, 0.2) is 5.03 Å². The molecule has 1 aromatic heterocycles. The van der Waals surface area contributed by atoms with E-state index in [1.54, 1.807) is 18.2 Å². The van der Waals surface area contributed by atoms with Crippen molar-refractivity contribution in [1.82, 2.24) is 10.2 Å². The number of nitrogens with two attached hydrogens (primary N) is 1. The molecule has 0 saturated carbocycles. The van der Waals surface area contributed by atoms with Gasteiger partial charge in [-0.05, 0) is 29.7 Å². The molecule has 0 aliphatic carbocycles. The molecule has 0 amide bonds. The summed E-state index contributed by atoms with van der Waals surface area (Å²) in [6.45, 7) is 1.10. The third-order valence-corrected chi connectivity index (χ3v) is 6.05. The number of anilines is 1. The quantitative estimate of drug-likeness (QED) is 0.504. The Hall–Kier alpha value is -2.90. The molecule has 4 aromatic rings. The Kier molecular flexibility index (Phi) is 4.10. The average Bonchev–Trinajstić information content (AvgIpc) is 3.10. The number of fused-ring (bicyclic) bond motifs is 2. The summed E-state index contributed by atoms with van der Waals surface area (Å²) in [7, 11) is -3.78. The molecule has 0 fully saturated rings. The molecule has 0 aliphatic heterocycles. The summed E-state index contributed by atoms with van der Waals surface area (Å²) >= 11 is 0. The van der Waals surface area contributed by atoms with Crippen LogP contribution < -0.4 is 11.1 Å². The van der Waals surface area contributed by atoms with E-state index >= 15 is 0 Å². The van der Waals surface area contributed by atoms with Gasteiger partial charge in [-0.1, -0.05) is 36.4 Å².